The van der Waals surface area contributed by atoms with E-state index in [1.54, 1.807) is 18.2 Å². The van der Waals surface area contributed by atoms with Crippen molar-refractivity contribution >= 4 is 33.4 Å². The highest BCUT2D eigenvalue weighted by molar-refractivity contribution is 7.61. The van der Waals surface area contributed by atoms with Gasteiger partial charge in [-0.05, 0) is 51.0 Å². The Hall–Kier alpha value is -3.32. The summed E-state index contributed by atoms with van der Waals surface area (Å²) in [7, 11) is -10.9. The number of carbonyl (C=O) groups is 2. The molecule has 394 valence electrons. The zero-order valence-electron chi connectivity index (χ0n) is 40.7. The van der Waals surface area contributed by atoms with Crippen molar-refractivity contribution < 1.29 is 71.4 Å². The van der Waals surface area contributed by atoms with Crippen LogP contribution < -0.4 is 11.4 Å². The number of aliphatic hydroxyl groups excluding tert-OH is 3. The van der Waals surface area contributed by atoms with Gasteiger partial charge in [-0.1, -0.05) is 152 Å². The van der Waals surface area contributed by atoms with Gasteiger partial charge in [0.05, 0.1) is 19.3 Å². The number of esters is 2. The van der Waals surface area contributed by atoms with E-state index in [0.717, 1.165) is 49.3 Å². The number of aliphatic hydroxyl groups is 3. The lowest BCUT2D eigenvalue weighted by Crippen LogP contribution is -2.36. The lowest BCUT2D eigenvalue weighted by atomic mass is 10.0. The van der Waals surface area contributed by atoms with Crippen LogP contribution in [0.1, 0.15) is 168 Å². The molecule has 0 radical (unpaired) electrons. The molecule has 1 aromatic rings. The molecular formula is C48H81N3O16P2. The standard InChI is InChI=1S/C48H81N3O16P2/c1-3-5-7-9-11-13-14-15-16-18-20-24-28-32-43(53)62-36-40(65-44(54)33-29-25-21-23-27-31-39(52)30-26-22-19-17-12-10-8-6-4-2)37-63-68(58,59)67-69(60,61)64-38-41-45(55)46(56)47(66-41)51-35-34-42(49)50-48(51)57/h12,17,21-23,26-27,31,34-35,39-41,45-47,52,55-56H,3-11,13-16,18-20,24-25,28-30,32-33,36-38H2,1-2H3,(H,58,59)(H,60,61)(H2,49,50,57)/b17-12-,23-21+,26-22-,31-27-/t39?,40-,41-,45-,46-,47-/m1/s1. The lowest BCUT2D eigenvalue weighted by Gasteiger charge is -2.21. The minimum absolute atomic E-state index is 0.0843. The predicted molar refractivity (Wildman–Crippen MR) is 262 cm³/mol. The quantitative estimate of drug-likeness (QED) is 0.0118. The largest absolute Gasteiger partial charge is 0.481 e. The van der Waals surface area contributed by atoms with Crippen molar-refractivity contribution in [1.82, 2.24) is 9.55 Å². The van der Waals surface area contributed by atoms with Gasteiger partial charge in [0, 0.05) is 19.0 Å². The molecule has 3 unspecified atom stereocenters. The number of carbonyl (C=O) groups excluding carboxylic acids is 2. The number of hydrogen-bond donors (Lipinski definition) is 6. The van der Waals surface area contributed by atoms with Crippen LogP contribution in [0.2, 0.25) is 0 Å². The number of aromatic nitrogens is 2. The molecule has 2 heterocycles. The van der Waals surface area contributed by atoms with Crippen LogP contribution in [0.3, 0.4) is 0 Å². The van der Waals surface area contributed by atoms with Crippen LogP contribution in [-0.2, 0) is 46.3 Å². The van der Waals surface area contributed by atoms with Crippen LogP contribution in [-0.4, -0.2) is 96.9 Å². The second kappa shape index (κ2) is 36.6. The topological polar surface area (TPSA) is 286 Å². The maximum Gasteiger partial charge on any atom is 0.481 e. The van der Waals surface area contributed by atoms with E-state index in [4.69, 9.17) is 29.0 Å². The fraction of sp³-hybridized carbons (Fsp3) is 0.708. The number of anilines is 1. The zero-order valence-corrected chi connectivity index (χ0v) is 42.5. The Balaban J connectivity index is 1.86. The molecule has 21 heteroatoms. The van der Waals surface area contributed by atoms with Crippen LogP contribution in [0.5, 0.6) is 0 Å². The van der Waals surface area contributed by atoms with Gasteiger partial charge in [-0.15, -0.1) is 0 Å². The van der Waals surface area contributed by atoms with Crippen LogP contribution >= 0.6 is 15.6 Å². The minimum Gasteiger partial charge on any atom is -0.462 e. The average molecular weight is 1020 g/mol. The lowest BCUT2D eigenvalue weighted by molar-refractivity contribution is -0.161. The van der Waals surface area contributed by atoms with Gasteiger partial charge < -0.3 is 45.1 Å². The first-order chi connectivity index (χ1) is 33.1. The van der Waals surface area contributed by atoms with E-state index >= 15 is 0 Å². The molecule has 8 atom stereocenters. The maximum absolute atomic E-state index is 12.8. The normalized spacial score (nSPS) is 20.2. The third kappa shape index (κ3) is 29.6. The predicted octanol–water partition coefficient (Wildman–Crippen LogP) is 8.75. The fourth-order valence-electron chi connectivity index (χ4n) is 7.09. The first kappa shape index (κ1) is 61.8. The molecule has 0 spiro atoms. The highest BCUT2D eigenvalue weighted by Gasteiger charge is 2.46. The van der Waals surface area contributed by atoms with Gasteiger partial charge in [-0.3, -0.25) is 23.2 Å². The molecule has 0 bridgehead atoms. The number of phosphoric acid groups is 2. The Labute approximate surface area is 408 Å². The van der Waals surface area contributed by atoms with E-state index in [0.29, 0.717) is 25.7 Å². The molecule has 2 rings (SSSR count). The highest BCUT2D eigenvalue weighted by atomic mass is 31.3. The molecule has 0 saturated carbocycles. The molecule has 69 heavy (non-hydrogen) atoms. The van der Waals surface area contributed by atoms with E-state index < -0.39 is 89.8 Å². The van der Waals surface area contributed by atoms with Crippen molar-refractivity contribution in [2.24, 2.45) is 0 Å². The number of unbranched alkanes of at least 4 members (excludes halogenated alkanes) is 16. The highest BCUT2D eigenvalue weighted by Crippen LogP contribution is 2.60. The van der Waals surface area contributed by atoms with Crippen molar-refractivity contribution in [1.29, 1.82) is 0 Å². The summed E-state index contributed by atoms with van der Waals surface area (Å²) in [5.74, 6) is -1.43. The summed E-state index contributed by atoms with van der Waals surface area (Å²) in [5, 5.41) is 31.1. The molecule has 7 N–H and O–H groups in total. The molecule has 1 aromatic heterocycles. The van der Waals surface area contributed by atoms with Crippen LogP contribution in [0.25, 0.3) is 0 Å². The average Bonchev–Trinajstić information content (AvgIpc) is 3.58. The zero-order chi connectivity index (χ0) is 50.8. The third-order valence-electron chi connectivity index (χ3n) is 11.0. The van der Waals surface area contributed by atoms with Crippen LogP contribution in [0.15, 0.2) is 65.7 Å². The number of rotatable bonds is 40. The van der Waals surface area contributed by atoms with Gasteiger partial charge in [0.1, 0.15) is 30.7 Å². The Morgan fingerprint density at radius 1 is 0.768 bits per heavy atom. The summed E-state index contributed by atoms with van der Waals surface area (Å²) >= 11 is 0. The smallest absolute Gasteiger partial charge is 0.462 e. The monoisotopic (exact) mass is 1020 g/mol. The van der Waals surface area contributed by atoms with Gasteiger partial charge in [0.2, 0.25) is 0 Å². The Kier molecular flexibility index (Phi) is 32.8. The van der Waals surface area contributed by atoms with Crippen LogP contribution in [0.4, 0.5) is 5.82 Å². The SMILES string of the molecule is CCCCC/C=C\C/C=C\CC(O)/C=C\C=C\CCCC(=O)O[C@H](COC(=O)CCCCCCCCCCCCCCC)COP(=O)(O)OP(=O)(O)OC[C@H]1O[C@@H](n2ccc(N)nc2=O)[C@H](O)[C@@H]1O. The molecule has 0 aliphatic carbocycles. The Morgan fingerprint density at radius 3 is 2.03 bits per heavy atom. The Bertz CT molecular complexity index is 1860. The van der Waals surface area contributed by atoms with Gasteiger partial charge in [-0.2, -0.15) is 9.29 Å². The first-order valence-electron chi connectivity index (χ1n) is 24.8. The number of phosphoric ester groups is 2. The number of allylic oxidation sites excluding steroid dienone is 6. The summed E-state index contributed by atoms with van der Waals surface area (Å²) in [4.78, 5) is 61.8. The third-order valence-corrected chi connectivity index (χ3v) is 13.6. The number of nitrogen functional groups attached to an aromatic ring is 1. The van der Waals surface area contributed by atoms with E-state index in [-0.39, 0.29) is 18.7 Å². The van der Waals surface area contributed by atoms with Crippen molar-refractivity contribution in [3.8, 4) is 0 Å². The minimum atomic E-state index is -5.45. The van der Waals surface area contributed by atoms with E-state index in [2.05, 4.69) is 35.3 Å². The van der Waals surface area contributed by atoms with Crippen molar-refractivity contribution in [3.63, 3.8) is 0 Å². The van der Waals surface area contributed by atoms with E-state index in [1.165, 1.54) is 76.7 Å². The molecule has 1 aliphatic rings. The summed E-state index contributed by atoms with van der Waals surface area (Å²) in [6, 6.07) is 1.24. The van der Waals surface area contributed by atoms with Gasteiger partial charge in [0.25, 0.3) is 0 Å². The van der Waals surface area contributed by atoms with Crippen molar-refractivity contribution in [2.75, 3.05) is 25.6 Å². The molecule has 1 fully saturated rings. The number of hydrogen-bond acceptors (Lipinski definition) is 16. The summed E-state index contributed by atoms with van der Waals surface area (Å²) in [6.07, 6.45) is 29.4. The molecule has 19 nitrogen and oxygen atoms in total. The maximum atomic E-state index is 12.8. The number of ether oxygens (including phenoxy) is 3. The summed E-state index contributed by atoms with van der Waals surface area (Å²) < 4.78 is 56.6. The van der Waals surface area contributed by atoms with Gasteiger partial charge in [-0.25, -0.2) is 13.9 Å². The molecule has 1 aliphatic heterocycles. The molecule has 0 aromatic carbocycles. The summed E-state index contributed by atoms with van der Waals surface area (Å²) in [5.41, 5.74) is 4.57. The fourth-order valence-corrected chi connectivity index (χ4v) is 9.20. The van der Waals surface area contributed by atoms with Gasteiger partial charge in [0.15, 0.2) is 12.3 Å². The van der Waals surface area contributed by atoms with Crippen molar-refractivity contribution in [2.45, 2.75) is 198 Å². The second-order valence-corrected chi connectivity index (χ2v) is 20.2. The van der Waals surface area contributed by atoms with Gasteiger partial charge >= 0.3 is 33.3 Å². The van der Waals surface area contributed by atoms with Crippen LogP contribution in [0, 0.1) is 0 Å². The number of nitrogens with two attached hydrogens (primary N) is 1. The van der Waals surface area contributed by atoms with Crippen molar-refractivity contribution in [3.05, 3.63) is 71.4 Å². The molecule has 0 amide bonds. The van der Waals surface area contributed by atoms with E-state index in [9.17, 15) is 48.6 Å². The first-order valence-corrected chi connectivity index (χ1v) is 27.7. The molecular weight excluding hydrogens is 936 g/mol. The number of nitrogens with zero attached hydrogens (tertiary/aromatic N) is 2. The second-order valence-electron chi connectivity index (χ2n) is 17.2. The Morgan fingerprint density at radius 2 is 1.36 bits per heavy atom. The summed E-state index contributed by atoms with van der Waals surface area (Å²) in [6.45, 7) is 1.98. The molecule has 1 saturated heterocycles. The van der Waals surface area contributed by atoms with E-state index in [1.807, 2.05) is 18.2 Å².